The van der Waals surface area contributed by atoms with Gasteiger partial charge >= 0.3 is 0 Å². The summed E-state index contributed by atoms with van der Waals surface area (Å²) in [7, 11) is 0. The molecule has 1 aromatic heterocycles. The molecule has 0 aliphatic carbocycles. The maximum Gasteiger partial charge on any atom is 0.274 e. The van der Waals surface area contributed by atoms with Crippen LogP contribution in [0.4, 0.5) is 5.69 Å². The second-order valence-corrected chi connectivity index (χ2v) is 5.93. The summed E-state index contributed by atoms with van der Waals surface area (Å²) in [5.41, 5.74) is 1.75. The van der Waals surface area contributed by atoms with Gasteiger partial charge in [-0.3, -0.25) is 14.6 Å². The van der Waals surface area contributed by atoms with Crippen molar-refractivity contribution in [3.8, 4) is 6.07 Å². The van der Waals surface area contributed by atoms with Gasteiger partial charge in [0.15, 0.2) is 0 Å². The Morgan fingerprint density at radius 1 is 1.08 bits per heavy atom. The highest BCUT2D eigenvalue weighted by Gasteiger charge is 2.19. The molecule has 1 fully saturated rings. The summed E-state index contributed by atoms with van der Waals surface area (Å²) in [6.07, 6.45) is 4.66. The van der Waals surface area contributed by atoms with Crippen LogP contribution in [0.1, 0.15) is 45.7 Å². The van der Waals surface area contributed by atoms with Crippen LogP contribution in [-0.4, -0.2) is 34.8 Å². The fourth-order valence-electron chi connectivity index (χ4n) is 2.79. The highest BCUT2D eigenvalue weighted by atomic mass is 16.2. The van der Waals surface area contributed by atoms with E-state index in [1.54, 1.807) is 30.3 Å². The van der Waals surface area contributed by atoms with Crippen LogP contribution < -0.4 is 5.32 Å². The maximum absolute atomic E-state index is 12.5. The average Bonchev–Trinajstić information content (AvgIpc) is 2.68. The Kier molecular flexibility index (Phi) is 5.05. The lowest BCUT2D eigenvalue weighted by atomic mass is 10.1. The molecule has 126 valence electrons. The maximum atomic E-state index is 12.5. The summed E-state index contributed by atoms with van der Waals surface area (Å²) in [5, 5.41) is 11.5. The number of nitrogens with zero attached hydrogens (tertiary/aromatic N) is 3. The number of pyridine rings is 1. The molecular formula is C19H18N4O2. The van der Waals surface area contributed by atoms with Gasteiger partial charge in [0.2, 0.25) is 0 Å². The molecule has 2 heterocycles. The van der Waals surface area contributed by atoms with Gasteiger partial charge in [0.1, 0.15) is 5.69 Å². The third kappa shape index (κ3) is 4.01. The molecule has 6 heteroatoms. The van der Waals surface area contributed by atoms with Crippen LogP contribution >= 0.6 is 0 Å². The van der Waals surface area contributed by atoms with Gasteiger partial charge in [-0.1, -0.05) is 0 Å². The Bertz CT molecular complexity index is 818. The van der Waals surface area contributed by atoms with Crippen LogP contribution in [0.3, 0.4) is 0 Å². The van der Waals surface area contributed by atoms with E-state index in [0.717, 1.165) is 32.4 Å². The number of hydrogen-bond donors (Lipinski definition) is 1. The van der Waals surface area contributed by atoms with Crippen molar-refractivity contribution in [3.63, 3.8) is 0 Å². The number of nitriles is 1. The number of nitrogens with one attached hydrogen (secondary N) is 1. The van der Waals surface area contributed by atoms with Crippen LogP contribution in [0.25, 0.3) is 0 Å². The summed E-state index contributed by atoms with van der Waals surface area (Å²) < 4.78 is 0. The Balaban J connectivity index is 1.72. The fourth-order valence-corrected chi connectivity index (χ4v) is 2.79. The molecule has 1 N–H and O–H groups in total. The summed E-state index contributed by atoms with van der Waals surface area (Å²) >= 11 is 0. The first-order chi connectivity index (χ1) is 12.2. The molecule has 1 saturated heterocycles. The number of carbonyl (C=O) groups excluding carboxylic acids is 2. The standard InChI is InChI=1S/C19H18N4O2/c20-13-14-4-6-16(7-5-14)22-18(24)17-12-15(8-9-21-17)19(25)23-10-2-1-3-11-23/h4-9,12H,1-3,10-11H2,(H,22,24). The van der Waals surface area contributed by atoms with Crippen molar-refractivity contribution in [2.75, 3.05) is 18.4 Å². The Labute approximate surface area is 146 Å². The van der Waals surface area contributed by atoms with Gasteiger partial charge in [0.05, 0.1) is 11.6 Å². The lowest BCUT2D eigenvalue weighted by Crippen LogP contribution is -2.35. The van der Waals surface area contributed by atoms with Crippen LogP contribution in [0.2, 0.25) is 0 Å². The Hall–Kier alpha value is -3.20. The highest BCUT2D eigenvalue weighted by Crippen LogP contribution is 2.15. The van der Waals surface area contributed by atoms with Gasteiger partial charge in [0, 0.05) is 30.5 Å². The molecule has 1 aromatic carbocycles. The second-order valence-electron chi connectivity index (χ2n) is 5.93. The Morgan fingerprint density at radius 2 is 1.80 bits per heavy atom. The molecule has 0 saturated carbocycles. The molecule has 1 aliphatic rings. The summed E-state index contributed by atoms with van der Waals surface area (Å²) in [6.45, 7) is 1.52. The monoisotopic (exact) mass is 334 g/mol. The number of amides is 2. The first kappa shape index (κ1) is 16.7. The predicted octanol–water partition coefficient (Wildman–Crippen LogP) is 2.83. The first-order valence-electron chi connectivity index (χ1n) is 8.24. The SMILES string of the molecule is N#Cc1ccc(NC(=O)c2cc(C(=O)N3CCCCC3)ccn2)cc1. The number of aromatic nitrogens is 1. The van der Waals surface area contributed by atoms with Crippen molar-refractivity contribution in [1.82, 2.24) is 9.88 Å². The topological polar surface area (TPSA) is 86.1 Å². The average molecular weight is 334 g/mol. The van der Waals surface area contributed by atoms with E-state index >= 15 is 0 Å². The molecular weight excluding hydrogens is 316 g/mol. The number of piperidine rings is 1. The lowest BCUT2D eigenvalue weighted by molar-refractivity contribution is 0.0724. The summed E-state index contributed by atoms with van der Waals surface area (Å²) in [5.74, 6) is -0.451. The Morgan fingerprint density at radius 3 is 2.48 bits per heavy atom. The minimum Gasteiger partial charge on any atom is -0.339 e. The normalized spacial score (nSPS) is 13.8. The van der Waals surface area contributed by atoms with Crippen molar-refractivity contribution in [2.24, 2.45) is 0 Å². The van der Waals surface area contributed by atoms with Crippen molar-refractivity contribution in [1.29, 1.82) is 5.26 Å². The van der Waals surface area contributed by atoms with Crippen molar-refractivity contribution < 1.29 is 9.59 Å². The van der Waals surface area contributed by atoms with Crippen LogP contribution in [0.15, 0.2) is 42.6 Å². The van der Waals surface area contributed by atoms with Crippen molar-refractivity contribution >= 4 is 17.5 Å². The molecule has 0 unspecified atom stereocenters. The molecule has 0 radical (unpaired) electrons. The molecule has 2 amide bonds. The van der Waals surface area contributed by atoms with E-state index in [2.05, 4.69) is 10.3 Å². The largest absolute Gasteiger partial charge is 0.339 e. The molecule has 1 aliphatic heterocycles. The van der Waals surface area contributed by atoms with Crippen molar-refractivity contribution in [2.45, 2.75) is 19.3 Å². The highest BCUT2D eigenvalue weighted by molar-refractivity contribution is 6.04. The third-order valence-electron chi connectivity index (χ3n) is 4.15. The van der Waals surface area contributed by atoms with E-state index < -0.39 is 5.91 Å². The molecule has 0 bridgehead atoms. The van der Waals surface area contributed by atoms with Gasteiger partial charge in [-0.15, -0.1) is 0 Å². The number of carbonyl (C=O) groups is 2. The van der Waals surface area contributed by atoms with E-state index in [-0.39, 0.29) is 11.6 Å². The number of benzene rings is 1. The first-order valence-corrected chi connectivity index (χ1v) is 8.24. The zero-order chi connectivity index (χ0) is 17.6. The molecule has 2 aromatic rings. The van der Waals surface area contributed by atoms with Crippen LogP contribution in [-0.2, 0) is 0 Å². The molecule has 6 nitrogen and oxygen atoms in total. The van der Waals surface area contributed by atoms with E-state index in [0.29, 0.717) is 16.8 Å². The van der Waals surface area contributed by atoms with E-state index in [9.17, 15) is 9.59 Å². The quantitative estimate of drug-likeness (QED) is 0.935. The summed E-state index contributed by atoms with van der Waals surface area (Å²) in [6, 6.07) is 11.7. The zero-order valence-corrected chi connectivity index (χ0v) is 13.7. The lowest BCUT2D eigenvalue weighted by Gasteiger charge is -2.26. The number of anilines is 1. The predicted molar refractivity (Wildman–Crippen MR) is 93.1 cm³/mol. The van der Waals surface area contributed by atoms with Gasteiger partial charge in [-0.2, -0.15) is 5.26 Å². The number of hydrogen-bond acceptors (Lipinski definition) is 4. The molecule has 0 spiro atoms. The van der Waals surface area contributed by atoms with Gasteiger partial charge in [0.25, 0.3) is 11.8 Å². The third-order valence-corrected chi connectivity index (χ3v) is 4.15. The smallest absolute Gasteiger partial charge is 0.274 e. The number of rotatable bonds is 3. The second kappa shape index (κ2) is 7.58. The van der Waals surface area contributed by atoms with E-state index in [1.165, 1.54) is 12.3 Å². The van der Waals surface area contributed by atoms with Gasteiger partial charge in [-0.05, 0) is 55.7 Å². The molecule has 0 atom stereocenters. The minimum absolute atomic E-state index is 0.0606. The zero-order valence-electron chi connectivity index (χ0n) is 13.7. The van der Waals surface area contributed by atoms with E-state index in [1.807, 2.05) is 11.0 Å². The molecule has 3 rings (SSSR count). The fraction of sp³-hybridized carbons (Fsp3) is 0.263. The van der Waals surface area contributed by atoms with Crippen LogP contribution in [0.5, 0.6) is 0 Å². The number of likely N-dealkylation sites (tertiary alicyclic amines) is 1. The van der Waals surface area contributed by atoms with Gasteiger partial charge in [-0.25, -0.2) is 0 Å². The minimum atomic E-state index is -0.391. The van der Waals surface area contributed by atoms with Crippen LogP contribution in [0, 0.1) is 11.3 Å². The van der Waals surface area contributed by atoms with E-state index in [4.69, 9.17) is 5.26 Å². The van der Waals surface area contributed by atoms with Crippen molar-refractivity contribution in [3.05, 3.63) is 59.4 Å². The summed E-state index contributed by atoms with van der Waals surface area (Å²) in [4.78, 5) is 30.8. The van der Waals surface area contributed by atoms with Gasteiger partial charge < -0.3 is 10.2 Å². The molecule has 25 heavy (non-hydrogen) atoms.